The lowest BCUT2D eigenvalue weighted by Crippen LogP contribution is -2.33. The van der Waals surface area contributed by atoms with Crippen LogP contribution in [-0.2, 0) is 15.8 Å². The molecular formula is C20H18ClF3N2O2S. The first-order valence-electron chi connectivity index (χ1n) is 8.34. The first-order chi connectivity index (χ1) is 13.6. The summed E-state index contributed by atoms with van der Waals surface area (Å²) in [6.07, 6.45) is -0.364. The number of para-hydroxylation sites is 1. The van der Waals surface area contributed by atoms with E-state index in [1.165, 1.54) is 31.0 Å². The number of halogens is 4. The van der Waals surface area contributed by atoms with E-state index in [2.05, 4.69) is 5.32 Å². The maximum absolute atomic E-state index is 12.9. The molecule has 0 saturated heterocycles. The second kappa shape index (κ2) is 9.84. The summed E-state index contributed by atoms with van der Waals surface area (Å²) in [5, 5.41) is 2.32. The number of rotatable bonds is 6. The zero-order chi connectivity index (χ0) is 21.6. The number of nitrogens with one attached hydrogen (secondary N) is 1. The van der Waals surface area contributed by atoms with Crippen molar-refractivity contribution in [3.05, 3.63) is 64.7 Å². The van der Waals surface area contributed by atoms with Crippen molar-refractivity contribution in [1.82, 2.24) is 4.90 Å². The summed E-state index contributed by atoms with van der Waals surface area (Å²) >= 11 is 7.05. The Morgan fingerprint density at radius 3 is 2.55 bits per heavy atom. The van der Waals surface area contributed by atoms with Gasteiger partial charge in [0.15, 0.2) is 0 Å². The fraction of sp³-hybridized carbons (Fsp3) is 0.200. The zero-order valence-corrected chi connectivity index (χ0v) is 17.2. The molecule has 154 valence electrons. The summed E-state index contributed by atoms with van der Waals surface area (Å²) in [5.41, 5.74) is -0.169. The van der Waals surface area contributed by atoms with Gasteiger partial charge < -0.3 is 10.2 Å². The molecule has 4 nitrogen and oxygen atoms in total. The number of thioether (sulfide) groups is 1. The molecule has 0 aliphatic rings. The number of carbonyl (C=O) groups excluding carboxylic acids is 2. The number of carbonyl (C=O) groups is 2. The molecule has 0 aliphatic carbocycles. The van der Waals surface area contributed by atoms with Gasteiger partial charge in [-0.25, -0.2) is 0 Å². The van der Waals surface area contributed by atoms with Crippen LogP contribution < -0.4 is 5.32 Å². The van der Waals surface area contributed by atoms with E-state index in [1.807, 2.05) is 18.4 Å². The Labute approximate surface area is 175 Å². The Bertz CT molecular complexity index is 932. The van der Waals surface area contributed by atoms with Crippen LogP contribution in [0.3, 0.4) is 0 Å². The molecule has 2 rings (SSSR count). The van der Waals surface area contributed by atoms with Gasteiger partial charge in [-0.15, -0.1) is 11.8 Å². The summed E-state index contributed by atoms with van der Waals surface area (Å²) in [7, 11) is 1.43. The van der Waals surface area contributed by atoms with Gasteiger partial charge in [-0.05, 0) is 42.2 Å². The number of amides is 2. The van der Waals surface area contributed by atoms with Crippen molar-refractivity contribution in [3.8, 4) is 0 Å². The Hall–Kier alpha value is -2.45. The molecule has 0 radical (unpaired) electrons. The van der Waals surface area contributed by atoms with Crippen molar-refractivity contribution >= 4 is 46.9 Å². The lowest BCUT2D eigenvalue weighted by atomic mass is 10.1. The summed E-state index contributed by atoms with van der Waals surface area (Å²) < 4.78 is 38.7. The third kappa shape index (κ3) is 6.54. The van der Waals surface area contributed by atoms with Gasteiger partial charge in [0, 0.05) is 18.0 Å². The Morgan fingerprint density at radius 2 is 1.90 bits per heavy atom. The van der Waals surface area contributed by atoms with Gasteiger partial charge in [0.25, 0.3) is 0 Å². The zero-order valence-electron chi connectivity index (χ0n) is 15.6. The molecule has 2 amide bonds. The van der Waals surface area contributed by atoms with Crippen molar-refractivity contribution < 1.29 is 22.8 Å². The average Bonchev–Trinajstić information content (AvgIpc) is 2.66. The van der Waals surface area contributed by atoms with Crippen LogP contribution in [0.15, 0.2) is 53.4 Å². The van der Waals surface area contributed by atoms with Crippen LogP contribution in [0.5, 0.6) is 0 Å². The van der Waals surface area contributed by atoms with E-state index in [-0.39, 0.29) is 18.0 Å². The highest BCUT2D eigenvalue weighted by molar-refractivity contribution is 7.98. The predicted molar refractivity (Wildman–Crippen MR) is 110 cm³/mol. The van der Waals surface area contributed by atoms with Gasteiger partial charge in [-0.3, -0.25) is 9.59 Å². The highest BCUT2D eigenvalue weighted by Gasteiger charge is 2.33. The monoisotopic (exact) mass is 442 g/mol. The van der Waals surface area contributed by atoms with E-state index in [4.69, 9.17) is 11.6 Å². The van der Waals surface area contributed by atoms with Crippen LogP contribution in [0.4, 0.5) is 18.9 Å². The van der Waals surface area contributed by atoms with E-state index >= 15 is 0 Å². The number of likely N-dealkylation sites (N-methyl/N-ethyl adjacent to an activating group) is 1. The van der Waals surface area contributed by atoms with Crippen LogP contribution >= 0.6 is 23.4 Å². The minimum Gasteiger partial charge on any atom is -0.333 e. The SMILES string of the molecule is CSc1ccccc1NC(=O)CN(C)C(=O)C=Cc1ccc(Cl)c(C(F)(F)F)c1. The predicted octanol–water partition coefficient (Wildman–Crippen LogP) is 5.19. The Morgan fingerprint density at radius 1 is 1.21 bits per heavy atom. The lowest BCUT2D eigenvalue weighted by Gasteiger charge is -2.16. The number of benzene rings is 2. The van der Waals surface area contributed by atoms with Gasteiger partial charge in [-0.1, -0.05) is 29.8 Å². The average molecular weight is 443 g/mol. The topological polar surface area (TPSA) is 49.4 Å². The van der Waals surface area contributed by atoms with Crippen LogP contribution in [0.1, 0.15) is 11.1 Å². The van der Waals surface area contributed by atoms with Crippen molar-refractivity contribution in [2.75, 3.05) is 25.2 Å². The normalized spacial score (nSPS) is 11.5. The van der Waals surface area contributed by atoms with Gasteiger partial charge in [0.1, 0.15) is 0 Å². The Kier molecular flexibility index (Phi) is 7.75. The molecule has 0 saturated carbocycles. The maximum Gasteiger partial charge on any atom is 0.417 e. The number of alkyl halides is 3. The van der Waals surface area contributed by atoms with Crippen molar-refractivity contribution in [1.29, 1.82) is 0 Å². The quantitative estimate of drug-likeness (QED) is 0.494. The molecule has 9 heteroatoms. The molecule has 0 heterocycles. The first-order valence-corrected chi connectivity index (χ1v) is 9.95. The second-order valence-electron chi connectivity index (χ2n) is 6.01. The molecule has 1 N–H and O–H groups in total. The second-order valence-corrected chi connectivity index (χ2v) is 7.27. The van der Waals surface area contributed by atoms with E-state index in [9.17, 15) is 22.8 Å². The summed E-state index contributed by atoms with van der Waals surface area (Å²) in [6, 6.07) is 10.6. The van der Waals surface area contributed by atoms with Crippen LogP contribution in [0.25, 0.3) is 6.08 Å². The van der Waals surface area contributed by atoms with Crippen molar-refractivity contribution in [3.63, 3.8) is 0 Å². The van der Waals surface area contributed by atoms with Crippen LogP contribution in [0.2, 0.25) is 5.02 Å². The van der Waals surface area contributed by atoms with Crippen LogP contribution in [0, 0.1) is 0 Å². The number of anilines is 1. The third-order valence-corrected chi connectivity index (χ3v) is 4.98. The minimum atomic E-state index is -4.59. The molecule has 0 unspecified atom stereocenters. The maximum atomic E-state index is 12.9. The number of hydrogen-bond acceptors (Lipinski definition) is 3. The molecule has 0 fully saturated rings. The van der Waals surface area contributed by atoms with Crippen LogP contribution in [-0.4, -0.2) is 36.6 Å². The molecule has 0 spiro atoms. The summed E-state index contributed by atoms with van der Waals surface area (Å²) in [5.74, 6) is -0.914. The van der Waals surface area contributed by atoms with Crippen molar-refractivity contribution in [2.24, 2.45) is 0 Å². The first kappa shape index (κ1) is 22.8. The van der Waals surface area contributed by atoms with E-state index in [0.717, 1.165) is 28.0 Å². The molecule has 0 bridgehead atoms. The molecular weight excluding hydrogens is 425 g/mol. The van der Waals surface area contributed by atoms with E-state index < -0.39 is 22.7 Å². The summed E-state index contributed by atoms with van der Waals surface area (Å²) in [4.78, 5) is 26.4. The van der Waals surface area contributed by atoms with Crippen molar-refractivity contribution in [2.45, 2.75) is 11.1 Å². The Balaban J connectivity index is 2.01. The third-order valence-electron chi connectivity index (χ3n) is 3.85. The van der Waals surface area contributed by atoms with Gasteiger partial charge in [0.2, 0.25) is 11.8 Å². The largest absolute Gasteiger partial charge is 0.417 e. The van der Waals surface area contributed by atoms with Gasteiger partial charge >= 0.3 is 6.18 Å². The summed E-state index contributed by atoms with van der Waals surface area (Å²) in [6.45, 7) is -0.208. The fourth-order valence-corrected chi connectivity index (χ4v) is 3.17. The fourth-order valence-electron chi connectivity index (χ4n) is 2.39. The number of hydrogen-bond donors (Lipinski definition) is 1. The molecule has 29 heavy (non-hydrogen) atoms. The minimum absolute atomic E-state index is 0.168. The van der Waals surface area contributed by atoms with Gasteiger partial charge in [-0.2, -0.15) is 13.2 Å². The molecule has 0 aliphatic heterocycles. The lowest BCUT2D eigenvalue weighted by molar-refractivity contribution is -0.137. The smallest absolute Gasteiger partial charge is 0.333 e. The highest BCUT2D eigenvalue weighted by atomic mass is 35.5. The molecule has 0 aromatic heterocycles. The van der Waals surface area contributed by atoms with E-state index in [1.54, 1.807) is 12.1 Å². The molecule has 2 aromatic carbocycles. The standard InChI is InChI=1S/C20H18ClF3N2O2S/c1-26(12-18(27)25-16-5-3-4-6-17(16)29-2)19(28)10-8-13-7-9-15(21)14(11-13)20(22,23)24/h3-11H,12H2,1-2H3,(H,25,27). The number of nitrogens with zero attached hydrogens (tertiary/aromatic N) is 1. The van der Waals surface area contributed by atoms with Gasteiger partial charge in [0.05, 0.1) is 22.8 Å². The highest BCUT2D eigenvalue weighted by Crippen LogP contribution is 2.35. The molecule has 0 atom stereocenters. The molecule has 2 aromatic rings. The van der Waals surface area contributed by atoms with E-state index in [0.29, 0.717) is 5.69 Å².